The molecule has 6 heteroatoms. The molecule has 18 heavy (non-hydrogen) atoms. The van der Waals surface area contributed by atoms with Crippen LogP contribution in [0, 0.1) is 0 Å². The van der Waals surface area contributed by atoms with Crippen molar-refractivity contribution in [1.29, 1.82) is 0 Å². The van der Waals surface area contributed by atoms with E-state index in [9.17, 15) is 0 Å². The van der Waals surface area contributed by atoms with Crippen molar-refractivity contribution in [3.8, 4) is 0 Å². The van der Waals surface area contributed by atoms with E-state index in [1.165, 1.54) is 0 Å². The van der Waals surface area contributed by atoms with Crippen LogP contribution in [-0.2, 0) is 0 Å². The lowest BCUT2D eigenvalue weighted by atomic mass is 10.2. The normalized spacial score (nSPS) is 11.3. The smallest absolute Gasteiger partial charge is 0.0798 e. The first-order valence-electron chi connectivity index (χ1n) is 6.90. The van der Waals surface area contributed by atoms with Gasteiger partial charge in [-0.15, -0.1) is 0 Å². The van der Waals surface area contributed by atoms with E-state index in [1.807, 2.05) is 0 Å². The Morgan fingerprint density at radius 2 is 0.722 bits per heavy atom. The van der Waals surface area contributed by atoms with E-state index in [0.717, 1.165) is 82.5 Å². The molecule has 0 aliphatic carbocycles. The summed E-state index contributed by atoms with van der Waals surface area (Å²) in [7, 11) is 0. The van der Waals surface area contributed by atoms with Crippen LogP contribution in [0.15, 0.2) is 0 Å². The van der Waals surface area contributed by atoms with E-state index in [1.54, 1.807) is 0 Å². The third kappa shape index (κ3) is 9.46. The summed E-state index contributed by atoms with van der Waals surface area (Å²) in [6, 6.07) is 0. The van der Waals surface area contributed by atoms with Crippen molar-refractivity contribution in [2.24, 2.45) is 22.9 Å². The molecule has 0 aromatic heterocycles. The first-order chi connectivity index (χ1) is 8.24. The Hall–Kier alpha value is 0.530. The lowest BCUT2D eigenvalue weighted by Crippen LogP contribution is -3.00. The van der Waals surface area contributed by atoms with Crippen molar-refractivity contribution in [3.05, 3.63) is 0 Å². The average molecular weight is 373 g/mol. The Labute approximate surface area is 129 Å². The molecular weight excluding hydrogens is 341 g/mol. The maximum absolute atomic E-state index is 5.64. The van der Waals surface area contributed by atoms with Crippen LogP contribution in [0.1, 0.15) is 25.7 Å². The zero-order chi connectivity index (χ0) is 13.0. The summed E-state index contributed by atoms with van der Waals surface area (Å²) in [4.78, 5) is 0. The van der Waals surface area contributed by atoms with Crippen LogP contribution in [0.25, 0.3) is 0 Å². The van der Waals surface area contributed by atoms with Gasteiger partial charge >= 0.3 is 0 Å². The van der Waals surface area contributed by atoms with Crippen LogP contribution >= 0.6 is 0 Å². The molecule has 0 aliphatic heterocycles. The maximum Gasteiger partial charge on any atom is 0.0798 e. The molecule has 0 fully saturated rings. The number of hydrogen-bond acceptors (Lipinski definition) is 4. The molecule has 0 amide bonds. The zero-order valence-electron chi connectivity index (χ0n) is 11.6. The van der Waals surface area contributed by atoms with E-state index in [-0.39, 0.29) is 24.0 Å². The van der Waals surface area contributed by atoms with E-state index in [2.05, 4.69) is 0 Å². The highest BCUT2D eigenvalue weighted by atomic mass is 127. The van der Waals surface area contributed by atoms with Crippen molar-refractivity contribution in [3.63, 3.8) is 0 Å². The van der Waals surface area contributed by atoms with Crippen LogP contribution < -0.4 is 46.9 Å². The van der Waals surface area contributed by atoms with Crippen LogP contribution in [0.3, 0.4) is 0 Å². The first-order valence-corrected chi connectivity index (χ1v) is 6.90. The van der Waals surface area contributed by atoms with Gasteiger partial charge in [0.05, 0.1) is 26.2 Å². The minimum atomic E-state index is 0. The number of hydrogen-bond donors (Lipinski definition) is 4. The molecule has 5 nitrogen and oxygen atoms in total. The van der Waals surface area contributed by atoms with Gasteiger partial charge in [0.1, 0.15) is 0 Å². The standard InChI is InChI=1S/C12H32N5.HI/c13-5-1-9-17(10-2-6-14,11-3-7-15)12-4-8-16;/h1-16H2;1H/q+1;/p-1. The topological polar surface area (TPSA) is 104 Å². The second-order valence-corrected chi connectivity index (χ2v) is 4.80. The number of nitrogens with zero attached hydrogens (tertiary/aromatic N) is 1. The summed E-state index contributed by atoms with van der Waals surface area (Å²) >= 11 is 0. The molecular formula is C12H32IN5. The summed E-state index contributed by atoms with van der Waals surface area (Å²) in [6.07, 6.45) is 4.28. The van der Waals surface area contributed by atoms with Gasteiger partial charge in [-0.2, -0.15) is 0 Å². The molecule has 0 saturated heterocycles. The zero-order valence-corrected chi connectivity index (χ0v) is 13.8. The van der Waals surface area contributed by atoms with Crippen LogP contribution in [0.5, 0.6) is 0 Å². The van der Waals surface area contributed by atoms with Gasteiger partial charge in [-0.1, -0.05) is 0 Å². The number of quaternary nitrogens is 1. The van der Waals surface area contributed by atoms with Crippen LogP contribution in [-0.4, -0.2) is 56.8 Å². The fraction of sp³-hybridized carbons (Fsp3) is 1.00. The fourth-order valence-corrected chi connectivity index (χ4v) is 2.38. The molecule has 8 N–H and O–H groups in total. The van der Waals surface area contributed by atoms with E-state index < -0.39 is 0 Å². The third-order valence-electron chi connectivity index (χ3n) is 3.35. The monoisotopic (exact) mass is 373 g/mol. The highest BCUT2D eigenvalue weighted by molar-refractivity contribution is 4.52. The molecule has 0 saturated carbocycles. The molecule has 0 unspecified atom stereocenters. The van der Waals surface area contributed by atoms with Gasteiger partial charge in [0, 0.05) is 25.7 Å². The van der Waals surface area contributed by atoms with Gasteiger partial charge < -0.3 is 51.4 Å². The van der Waals surface area contributed by atoms with Crippen molar-refractivity contribution in [1.82, 2.24) is 0 Å². The van der Waals surface area contributed by atoms with Crippen molar-refractivity contribution in [2.75, 3.05) is 52.4 Å². The van der Waals surface area contributed by atoms with Crippen LogP contribution in [0.2, 0.25) is 0 Å². The maximum atomic E-state index is 5.64. The van der Waals surface area contributed by atoms with E-state index in [4.69, 9.17) is 22.9 Å². The van der Waals surface area contributed by atoms with Gasteiger partial charge in [-0.25, -0.2) is 0 Å². The van der Waals surface area contributed by atoms with Crippen molar-refractivity contribution < 1.29 is 28.5 Å². The molecule has 0 bridgehead atoms. The van der Waals surface area contributed by atoms with E-state index >= 15 is 0 Å². The quantitative estimate of drug-likeness (QED) is 0.208. The third-order valence-corrected chi connectivity index (χ3v) is 3.35. The summed E-state index contributed by atoms with van der Waals surface area (Å²) in [5.74, 6) is 0. The Balaban J connectivity index is 0. The Kier molecular flexibility index (Phi) is 16.2. The van der Waals surface area contributed by atoms with Gasteiger partial charge in [-0.3, -0.25) is 0 Å². The van der Waals surface area contributed by atoms with Crippen molar-refractivity contribution in [2.45, 2.75) is 25.7 Å². The van der Waals surface area contributed by atoms with Gasteiger partial charge in [0.25, 0.3) is 0 Å². The Morgan fingerprint density at radius 1 is 0.500 bits per heavy atom. The highest BCUT2D eigenvalue weighted by Crippen LogP contribution is 2.12. The SMILES string of the molecule is NCCC[N+](CCCN)(CCCN)CCCN.[I-]. The van der Waals surface area contributed by atoms with Gasteiger partial charge in [0.15, 0.2) is 0 Å². The minimum absolute atomic E-state index is 0. The Morgan fingerprint density at radius 3 is 0.889 bits per heavy atom. The summed E-state index contributed by atoms with van der Waals surface area (Å²) < 4.78 is 1.10. The van der Waals surface area contributed by atoms with Crippen LogP contribution in [0.4, 0.5) is 0 Å². The molecule has 0 spiro atoms. The number of nitrogens with two attached hydrogens (primary N) is 4. The second kappa shape index (κ2) is 14.0. The molecule has 0 rings (SSSR count). The summed E-state index contributed by atoms with van der Waals surface area (Å²) in [5.41, 5.74) is 22.6. The molecule has 0 aromatic rings. The van der Waals surface area contributed by atoms with Gasteiger partial charge in [-0.05, 0) is 26.2 Å². The fourth-order valence-electron chi connectivity index (χ4n) is 2.38. The Bertz CT molecular complexity index is 131. The largest absolute Gasteiger partial charge is 1.00 e. The van der Waals surface area contributed by atoms with Crippen molar-refractivity contribution >= 4 is 0 Å². The highest BCUT2D eigenvalue weighted by Gasteiger charge is 2.24. The number of rotatable bonds is 12. The molecule has 0 radical (unpaired) electrons. The van der Waals surface area contributed by atoms with E-state index in [0.29, 0.717) is 0 Å². The molecule has 0 atom stereocenters. The predicted molar refractivity (Wildman–Crippen MR) is 74.4 cm³/mol. The lowest BCUT2D eigenvalue weighted by molar-refractivity contribution is -0.928. The number of halogens is 1. The van der Waals surface area contributed by atoms with Gasteiger partial charge in [0.2, 0.25) is 0 Å². The summed E-state index contributed by atoms with van der Waals surface area (Å²) in [6.45, 7) is 7.57. The second-order valence-electron chi connectivity index (χ2n) is 4.80. The summed E-state index contributed by atoms with van der Waals surface area (Å²) in [5, 5.41) is 0. The first kappa shape index (κ1) is 20.8. The predicted octanol–water partition coefficient (Wildman–Crippen LogP) is -3.80. The molecule has 0 heterocycles. The minimum Gasteiger partial charge on any atom is -1.00 e. The average Bonchev–Trinajstić information content (AvgIpc) is 2.37. The molecule has 112 valence electrons. The molecule has 0 aliphatic rings. The molecule has 0 aromatic carbocycles. The lowest BCUT2D eigenvalue weighted by Gasteiger charge is -2.39.